The Balaban J connectivity index is 1.97. The van der Waals surface area contributed by atoms with E-state index in [2.05, 4.69) is 51.4 Å². The first-order valence-corrected chi connectivity index (χ1v) is 7.48. The molecular formula is C16H16BrN3O. The fourth-order valence-electron chi connectivity index (χ4n) is 2.22. The molecule has 3 rings (SSSR count). The smallest absolute Gasteiger partial charge is 0.143 e. The molecular weight excluding hydrogens is 330 g/mol. The number of aryl methyl sites for hydroxylation is 2. The van der Waals surface area contributed by atoms with Crippen LogP contribution in [-0.4, -0.2) is 9.55 Å². The molecule has 1 unspecified atom stereocenters. The molecule has 2 heterocycles. The zero-order chi connectivity index (χ0) is 14.8. The van der Waals surface area contributed by atoms with Crippen LogP contribution in [0.1, 0.15) is 23.2 Å². The quantitative estimate of drug-likeness (QED) is 0.767. The number of rotatable bonds is 4. The molecule has 0 aliphatic heterocycles. The van der Waals surface area contributed by atoms with Crippen LogP contribution in [0.5, 0.6) is 0 Å². The van der Waals surface area contributed by atoms with E-state index in [9.17, 15) is 0 Å². The Morgan fingerprint density at radius 1 is 1.33 bits per heavy atom. The Morgan fingerprint density at radius 2 is 2.19 bits per heavy atom. The molecule has 21 heavy (non-hydrogen) atoms. The molecule has 3 aromatic rings. The van der Waals surface area contributed by atoms with Gasteiger partial charge in [0.05, 0.1) is 6.26 Å². The zero-order valence-corrected chi connectivity index (χ0v) is 13.5. The lowest BCUT2D eigenvalue weighted by Crippen LogP contribution is -2.16. The number of aromatic nitrogens is 2. The van der Waals surface area contributed by atoms with Crippen molar-refractivity contribution in [1.29, 1.82) is 0 Å². The fourth-order valence-corrected chi connectivity index (χ4v) is 2.60. The standard InChI is InChI=1S/C16H16BrN3O/c1-11-5-6-12(10-13(11)17)19-15(14-4-3-9-21-14)16-18-7-8-20(16)2/h3-10,15,19H,1-2H3. The van der Waals surface area contributed by atoms with Crippen LogP contribution in [0, 0.1) is 6.92 Å². The summed E-state index contributed by atoms with van der Waals surface area (Å²) in [5.41, 5.74) is 2.21. The van der Waals surface area contributed by atoms with Crippen LogP contribution in [0.2, 0.25) is 0 Å². The van der Waals surface area contributed by atoms with E-state index in [1.165, 1.54) is 5.56 Å². The van der Waals surface area contributed by atoms with E-state index in [1.807, 2.05) is 29.9 Å². The van der Waals surface area contributed by atoms with Gasteiger partial charge in [-0.15, -0.1) is 0 Å². The number of benzene rings is 1. The minimum absolute atomic E-state index is 0.130. The van der Waals surface area contributed by atoms with Crippen LogP contribution in [0.15, 0.2) is 57.9 Å². The van der Waals surface area contributed by atoms with Crippen LogP contribution in [0.3, 0.4) is 0 Å². The minimum atomic E-state index is -0.130. The van der Waals surface area contributed by atoms with Gasteiger partial charge in [-0.1, -0.05) is 22.0 Å². The summed E-state index contributed by atoms with van der Waals surface area (Å²) in [5, 5.41) is 3.49. The number of nitrogens with zero attached hydrogens (tertiary/aromatic N) is 2. The predicted molar refractivity (Wildman–Crippen MR) is 86.3 cm³/mol. The van der Waals surface area contributed by atoms with Gasteiger partial charge < -0.3 is 14.3 Å². The third kappa shape index (κ3) is 2.88. The highest BCUT2D eigenvalue weighted by Crippen LogP contribution is 2.28. The number of imidazole rings is 1. The molecule has 0 saturated carbocycles. The summed E-state index contributed by atoms with van der Waals surface area (Å²) < 4.78 is 8.64. The van der Waals surface area contributed by atoms with Crippen LogP contribution < -0.4 is 5.32 Å². The fraction of sp³-hybridized carbons (Fsp3) is 0.188. The summed E-state index contributed by atoms with van der Waals surface area (Å²) >= 11 is 3.56. The highest BCUT2D eigenvalue weighted by molar-refractivity contribution is 9.10. The molecule has 1 aromatic carbocycles. The molecule has 0 fully saturated rings. The van der Waals surface area contributed by atoms with Gasteiger partial charge in [-0.3, -0.25) is 0 Å². The summed E-state index contributed by atoms with van der Waals surface area (Å²) in [7, 11) is 1.98. The first kappa shape index (κ1) is 13.9. The normalized spacial score (nSPS) is 12.3. The van der Waals surface area contributed by atoms with Gasteiger partial charge in [0.2, 0.25) is 0 Å². The summed E-state index contributed by atoms with van der Waals surface area (Å²) in [6.07, 6.45) is 5.40. The van der Waals surface area contributed by atoms with Crippen molar-refractivity contribution in [2.45, 2.75) is 13.0 Å². The summed E-state index contributed by atoms with van der Waals surface area (Å²) in [6, 6.07) is 9.90. The average Bonchev–Trinajstić information content (AvgIpc) is 3.12. The van der Waals surface area contributed by atoms with Gasteiger partial charge >= 0.3 is 0 Å². The highest BCUT2D eigenvalue weighted by Gasteiger charge is 2.21. The number of nitrogens with one attached hydrogen (secondary N) is 1. The second-order valence-electron chi connectivity index (χ2n) is 4.95. The van der Waals surface area contributed by atoms with Crippen LogP contribution >= 0.6 is 15.9 Å². The molecule has 0 aliphatic carbocycles. The average molecular weight is 346 g/mol. The monoisotopic (exact) mass is 345 g/mol. The summed E-state index contributed by atoms with van der Waals surface area (Å²) in [5.74, 6) is 1.74. The third-order valence-electron chi connectivity index (χ3n) is 3.43. The van der Waals surface area contributed by atoms with Crippen molar-refractivity contribution in [2.24, 2.45) is 7.05 Å². The summed E-state index contributed by atoms with van der Waals surface area (Å²) in [6.45, 7) is 2.07. The molecule has 0 radical (unpaired) electrons. The molecule has 4 nitrogen and oxygen atoms in total. The lowest BCUT2D eigenvalue weighted by molar-refractivity contribution is 0.488. The highest BCUT2D eigenvalue weighted by atomic mass is 79.9. The van der Waals surface area contributed by atoms with E-state index in [-0.39, 0.29) is 6.04 Å². The van der Waals surface area contributed by atoms with Gasteiger partial charge in [0, 0.05) is 29.6 Å². The molecule has 2 aromatic heterocycles. The van der Waals surface area contributed by atoms with Crippen molar-refractivity contribution in [3.8, 4) is 0 Å². The minimum Gasteiger partial charge on any atom is -0.467 e. The van der Waals surface area contributed by atoms with E-state index in [0.717, 1.165) is 21.7 Å². The topological polar surface area (TPSA) is 43.0 Å². The number of hydrogen-bond donors (Lipinski definition) is 1. The van der Waals surface area contributed by atoms with Gasteiger partial charge in [0.25, 0.3) is 0 Å². The van der Waals surface area contributed by atoms with E-state index < -0.39 is 0 Å². The number of anilines is 1. The molecule has 0 saturated heterocycles. The molecule has 108 valence electrons. The van der Waals surface area contributed by atoms with Crippen LogP contribution in [0.25, 0.3) is 0 Å². The van der Waals surface area contributed by atoms with E-state index in [0.29, 0.717) is 0 Å². The molecule has 0 bridgehead atoms. The lowest BCUT2D eigenvalue weighted by Gasteiger charge is -2.18. The van der Waals surface area contributed by atoms with E-state index in [1.54, 1.807) is 12.5 Å². The Hall–Kier alpha value is -2.01. The maximum Gasteiger partial charge on any atom is 0.143 e. The SMILES string of the molecule is Cc1ccc(NC(c2ccco2)c2nccn2C)cc1Br. The molecule has 1 atom stereocenters. The number of hydrogen-bond acceptors (Lipinski definition) is 3. The summed E-state index contributed by atoms with van der Waals surface area (Å²) in [4.78, 5) is 4.44. The Kier molecular flexibility index (Phi) is 3.84. The Bertz CT molecular complexity index is 734. The van der Waals surface area contributed by atoms with Crippen LogP contribution in [0.4, 0.5) is 5.69 Å². The second-order valence-corrected chi connectivity index (χ2v) is 5.81. The van der Waals surface area contributed by atoms with Crippen LogP contribution in [-0.2, 0) is 7.05 Å². The Morgan fingerprint density at radius 3 is 2.81 bits per heavy atom. The third-order valence-corrected chi connectivity index (χ3v) is 4.28. The molecule has 1 N–H and O–H groups in total. The van der Waals surface area contributed by atoms with Gasteiger partial charge in [0.15, 0.2) is 0 Å². The first-order chi connectivity index (χ1) is 10.1. The molecule has 0 spiro atoms. The molecule has 5 heteroatoms. The lowest BCUT2D eigenvalue weighted by atomic mass is 10.1. The van der Waals surface area contributed by atoms with Crippen molar-refractivity contribution in [3.63, 3.8) is 0 Å². The van der Waals surface area contributed by atoms with Gasteiger partial charge in [0.1, 0.15) is 17.6 Å². The van der Waals surface area contributed by atoms with Crippen molar-refractivity contribution < 1.29 is 4.42 Å². The number of halogens is 1. The maximum atomic E-state index is 5.57. The largest absolute Gasteiger partial charge is 0.467 e. The van der Waals surface area contributed by atoms with Gasteiger partial charge in [-0.05, 0) is 36.8 Å². The second kappa shape index (κ2) is 5.77. The predicted octanol–water partition coefficient (Wildman–Crippen LogP) is 4.29. The first-order valence-electron chi connectivity index (χ1n) is 6.68. The van der Waals surface area contributed by atoms with Gasteiger partial charge in [-0.2, -0.15) is 0 Å². The van der Waals surface area contributed by atoms with E-state index in [4.69, 9.17) is 4.42 Å². The zero-order valence-electron chi connectivity index (χ0n) is 11.9. The van der Waals surface area contributed by atoms with Crippen molar-refractivity contribution in [1.82, 2.24) is 9.55 Å². The van der Waals surface area contributed by atoms with Gasteiger partial charge in [-0.25, -0.2) is 4.98 Å². The molecule has 0 aliphatic rings. The van der Waals surface area contributed by atoms with Crippen molar-refractivity contribution in [3.05, 3.63) is 70.6 Å². The van der Waals surface area contributed by atoms with Crippen molar-refractivity contribution in [2.75, 3.05) is 5.32 Å². The number of furan rings is 1. The molecule has 0 amide bonds. The maximum absolute atomic E-state index is 5.57. The van der Waals surface area contributed by atoms with E-state index >= 15 is 0 Å². The van der Waals surface area contributed by atoms with Crippen molar-refractivity contribution >= 4 is 21.6 Å². The Labute approximate surface area is 131 Å².